The highest BCUT2D eigenvalue weighted by atomic mass is 35.5. The number of morpholine rings is 1. The van der Waals surface area contributed by atoms with Crippen molar-refractivity contribution in [2.75, 3.05) is 19.7 Å². The van der Waals surface area contributed by atoms with Crippen molar-refractivity contribution >= 4 is 23.3 Å². The van der Waals surface area contributed by atoms with Crippen LogP contribution in [0.3, 0.4) is 0 Å². The second-order valence-electron chi connectivity index (χ2n) is 8.58. The van der Waals surface area contributed by atoms with Crippen LogP contribution in [0.5, 0.6) is 0 Å². The molecule has 2 heterocycles. The zero-order valence-corrected chi connectivity index (χ0v) is 16.7. The molecule has 1 saturated heterocycles. The van der Waals surface area contributed by atoms with Crippen LogP contribution >= 0.6 is 11.6 Å². The normalized spacial score (nSPS) is 31.3. The maximum atomic E-state index is 13.1. The molecule has 2 aliphatic carbocycles. The predicted molar refractivity (Wildman–Crippen MR) is 102 cm³/mol. The number of ketones is 1. The molecule has 28 heavy (non-hydrogen) atoms. The summed E-state index contributed by atoms with van der Waals surface area (Å²) in [7, 11) is 0. The van der Waals surface area contributed by atoms with Gasteiger partial charge in [-0.15, -0.1) is 0 Å². The number of ether oxygens (including phenoxy) is 1. The number of halogens is 1. The van der Waals surface area contributed by atoms with Gasteiger partial charge in [-0.3, -0.25) is 14.6 Å². The first kappa shape index (κ1) is 19.1. The van der Waals surface area contributed by atoms with E-state index < -0.39 is 11.0 Å². The number of carbonyl (C=O) groups is 2. The molecule has 1 aromatic heterocycles. The molecule has 4 rings (SSSR count). The summed E-state index contributed by atoms with van der Waals surface area (Å²) in [6.45, 7) is 4.93. The van der Waals surface area contributed by atoms with Gasteiger partial charge in [0.05, 0.1) is 23.7 Å². The number of amides is 1. The average molecular weight is 400 g/mol. The van der Waals surface area contributed by atoms with Gasteiger partial charge in [-0.2, -0.15) is 5.26 Å². The van der Waals surface area contributed by atoms with Gasteiger partial charge in [0.1, 0.15) is 11.7 Å². The minimum absolute atomic E-state index is 0.0820. The molecule has 1 spiro atoms. The Hall–Kier alpha value is -2.23. The zero-order valence-electron chi connectivity index (χ0n) is 15.9. The van der Waals surface area contributed by atoms with Crippen LogP contribution < -0.4 is 0 Å². The Morgan fingerprint density at radius 2 is 2.21 bits per heavy atom. The molecule has 0 N–H and O–H groups in total. The Balaban J connectivity index is 1.51. The quantitative estimate of drug-likeness (QED) is 0.763. The van der Waals surface area contributed by atoms with Gasteiger partial charge < -0.3 is 9.64 Å². The number of aromatic nitrogens is 1. The SMILES string of the molecule is CC1(C)CC2(C=C(C#N)C1=O)CN(C(=O)C1CC1c1ccc(Cl)cn1)CCO2. The van der Waals surface area contributed by atoms with E-state index >= 15 is 0 Å². The molecule has 6 nitrogen and oxygen atoms in total. The predicted octanol–water partition coefficient (Wildman–Crippen LogP) is 2.89. The van der Waals surface area contributed by atoms with E-state index in [-0.39, 0.29) is 29.1 Å². The van der Waals surface area contributed by atoms with E-state index in [4.69, 9.17) is 16.3 Å². The molecule has 146 valence electrons. The first-order chi connectivity index (χ1) is 13.2. The van der Waals surface area contributed by atoms with E-state index in [9.17, 15) is 14.9 Å². The molecule has 1 amide bonds. The number of hydrogen-bond acceptors (Lipinski definition) is 5. The minimum atomic E-state index is -0.778. The molecule has 0 aromatic carbocycles. The number of hydrogen-bond donors (Lipinski definition) is 0. The third-order valence-corrected chi connectivity index (χ3v) is 6.11. The fourth-order valence-electron chi connectivity index (χ4n) is 4.48. The summed E-state index contributed by atoms with van der Waals surface area (Å²) < 4.78 is 6.03. The summed E-state index contributed by atoms with van der Waals surface area (Å²) in [5.41, 5.74) is -0.456. The van der Waals surface area contributed by atoms with Gasteiger partial charge in [-0.25, -0.2) is 0 Å². The topological polar surface area (TPSA) is 83.3 Å². The van der Waals surface area contributed by atoms with E-state index in [2.05, 4.69) is 4.98 Å². The highest BCUT2D eigenvalue weighted by Gasteiger charge is 2.52. The largest absolute Gasteiger partial charge is 0.367 e. The third kappa shape index (κ3) is 3.34. The lowest BCUT2D eigenvalue weighted by molar-refractivity contribution is -0.152. The molecule has 7 heteroatoms. The number of Topliss-reactive ketones (excluding diaryl/α,β-unsaturated/α-hetero) is 1. The lowest BCUT2D eigenvalue weighted by atomic mass is 9.69. The van der Waals surface area contributed by atoms with Gasteiger partial charge >= 0.3 is 0 Å². The molecule has 0 radical (unpaired) electrons. The van der Waals surface area contributed by atoms with E-state index in [0.29, 0.717) is 31.1 Å². The maximum absolute atomic E-state index is 13.1. The van der Waals surface area contributed by atoms with Crippen molar-refractivity contribution in [1.82, 2.24) is 9.88 Å². The van der Waals surface area contributed by atoms with Gasteiger partial charge in [0.25, 0.3) is 0 Å². The number of nitriles is 1. The van der Waals surface area contributed by atoms with Gasteiger partial charge in [-0.1, -0.05) is 25.4 Å². The number of allylic oxidation sites excluding steroid dienone is 1. The molecular formula is C21H22ClN3O3. The Labute approximate surface area is 169 Å². The number of carbonyl (C=O) groups excluding carboxylic acids is 2. The van der Waals surface area contributed by atoms with Crippen molar-refractivity contribution in [3.8, 4) is 6.07 Å². The first-order valence-electron chi connectivity index (χ1n) is 9.47. The molecule has 1 saturated carbocycles. The van der Waals surface area contributed by atoms with Gasteiger partial charge in [-0.05, 0) is 31.1 Å². The summed E-state index contributed by atoms with van der Waals surface area (Å²) in [6, 6.07) is 5.67. The van der Waals surface area contributed by atoms with Crippen molar-refractivity contribution in [2.45, 2.75) is 38.2 Å². The molecule has 3 unspecified atom stereocenters. The number of rotatable bonds is 2. The Morgan fingerprint density at radius 1 is 1.43 bits per heavy atom. The standard InChI is InChI=1S/C21H22ClN3O3/c1-20(2)11-21(8-13(9-23)18(20)26)12-25(5-6-28-21)19(27)16-7-15(16)17-4-3-14(22)10-24-17/h3-4,8,10,15-16H,5-7,11-12H2,1-2H3. The minimum Gasteiger partial charge on any atom is -0.367 e. The van der Waals surface area contributed by atoms with E-state index in [1.807, 2.05) is 30.9 Å². The molecule has 3 aliphatic rings. The average Bonchev–Trinajstić information content (AvgIpc) is 3.45. The Morgan fingerprint density at radius 3 is 2.89 bits per heavy atom. The van der Waals surface area contributed by atoms with Crippen LogP contribution in [0, 0.1) is 22.7 Å². The van der Waals surface area contributed by atoms with Crippen LogP contribution in [0.25, 0.3) is 0 Å². The maximum Gasteiger partial charge on any atom is 0.226 e. The molecule has 3 atom stereocenters. The lowest BCUT2D eigenvalue weighted by Crippen LogP contribution is -2.57. The summed E-state index contributed by atoms with van der Waals surface area (Å²) in [4.78, 5) is 31.7. The van der Waals surface area contributed by atoms with Gasteiger partial charge in [0.15, 0.2) is 5.78 Å². The molecule has 1 aromatic rings. The highest BCUT2D eigenvalue weighted by Crippen LogP contribution is 2.49. The van der Waals surface area contributed by atoms with Gasteiger partial charge in [0, 0.05) is 35.7 Å². The molecular weight excluding hydrogens is 378 g/mol. The summed E-state index contributed by atoms with van der Waals surface area (Å²) in [5, 5.41) is 9.95. The fourth-order valence-corrected chi connectivity index (χ4v) is 4.59. The second-order valence-corrected chi connectivity index (χ2v) is 9.02. The van der Waals surface area contributed by atoms with Crippen molar-refractivity contribution in [2.24, 2.45) is 11.3 Å². The van der Waals surface area contributed by atoms with Crippen LogP contribution in [0.1, 0.15) is 38.3 Å². The molecule has 1 aliphatic heterocycles. The monoisotopic (exact) mass is 399 g/mol. The Kier molecular flexibility index (Phi) is 4.56. The third-order valence-electron chi connectivity index (χ3n) is 5.89. The molecule has 0 bridgehead atoms. The number of nitrogens with zero attached hydrogens (tertiary/aromatic N) is 3. The summed E-state index contributed by atoms with van der Waals surface area (Å²) in [6.07, 6.45) is 4.47. The van der Waals surface area contributed by atoms with Crippen LogP contribution in [0.4, 0.5) is 0 Å². The summed E-state index contributed by atoms with van der Waals surface area (Å²) in [5.74, 6) is -0.0330. The van der Waals surface area contributed by atoms with Crippen molar-refractivity contribution in [3.63, 3.8) is 0 Å². The fraction of sp³-hybridized carbons (Fsp3) is 0.524. The van der Waals surface area contributed by atoms with Gasteiger partial charge in [0.2, 0.25) is 5.91 Å². The van der Waals surface area contributed by atoms with E-state index in [0.717, 1.165) is 12.1 Å². The van der Waals surface area contributed by atoms with Crippen LogP contribution in [0.2, 0.25) is 5.02 Å². The van der Waals surface area contributed by atoms with Crippen molar-refractivity contribution in [1.29, 1.82) is 5.26 Å². The summed E-state index contributed by atoms with van der Waals surface area (Å²) >= 11 is 5.89. The lowest BCUT2D eigenvalue weighted by Gasteiger charge is -2.46. The highest BCUT2D eigenvalue weighted by molar-refractivity contribution is 6.30. The van der Waals surface area contributed by atoms with E-state index in [1.54, 1.807) is 18.3 Å². The van der Waals surface area contributed by atoms with Crippen molar-refractivity contribution < 1.29 is 14.3 Å². The molecule has 2 fully saturated rings. The van der Waals surface area contributed by atoms with Crippen molar-refractivity contribution in [3.05, 3.63) is 40.7 Å². The van der Waals surface area contributed by atoms with Crippen LogP contribution in [-0.2, 0) is 14.3 Å². The smallest absolute Gasteiger partial charge is 0.226 e. The van der Waals surface area contributed by atoms with E-state index in [1.165, 1.54) is 0 Å². The van der Waals surface area contributed by atoms with Crippen LogP contribution in [-0.4, -0.2) is 46.9 Å². The zero-order chi connectivity index (χ0) is 20.1. The van der Waals surface area contributed by atoms with Crippen LogP contribution in [0.15, 0.2) is 30.0 Å². The Bertz CT molecular complexity index is 902. The first-order valence-corrected chi connectivity index (χ1v) is 9.84. The number of pyridine rings is 1. The second kappa shape index (κ2) is 6.68.